The fourth-order valence-corrected chi connectivity index (χ4v) is 2.77. The van der Waals surface area contributed by atoms with Crippen LogP contribution in [0.1, 0.15) is 20.8 Å². The molecule has 0 aliphatic rings. The Kier molecular flexibility index (Phi) is 5.77. The van der Waals surface area contributed by atoms with E-state index in [2.05, 4.69) is 9.84 Å². The van der Waals surface area contributed by atoms with E-state index in [0.717, 1.165) is 26.4 Å². The van der Waals surface area contributed by atoms with Gasteiger partial charge in [-0.1, -0.05) is 18.2 Å². The largest absolute Gasteiger partial charge is 0.573 e. The monoisotopic (exact) mass is 420 g/mol. The van der Waals surface area contributed by atoms with E-state index in [9.17, 15) is 22.8 Å². The molecule has 7 nitrogen and oxygen atoms in total. The van der Waals surface area contributed by atoms with Gasteiger partial charge in [0.15, 0.2) is 5.69 Å². The molecule has 0 N–H and O–H groups in total. The Morgan fingerprint density at radius 1 is 0.900 bits per heavy atom. The van der Waals surface area contributed by atoms with Crippen LogP contribution in [0, 0.1) is 0 Å². The Hall–Kier alpha value is -3.82. The third-order valence-corrected chi connectivity index (χ3v) is 4.02. The van der Waals surface area contributed by atoms with Gasteiger partial charge in [-0.15, -0.1) is 13.2 Å². The molecule has 0 aliphatic heterocycles. The smallest absolute Gasteiger partial charge is 0.465 e. The van der Waals surface area contributed by atoms with Gasteiger partial charge in [-0.25, -0.2) is 14.3 Å². The predicted octanol–water partition coefficient (Wildman–Crippen LogP) is 4.01. The van der Waals surface area contributed by atoms with Crippen molar-refractivity contribution in [1.29, 1.82) is 0 Å². The summed E-state index contributed by atoms with van der Waals surface area (Å²) < 4.78 is 51.9. The van der Waals surface area contributed by atoms with Crippen LogP contribution in [0.3, 0.4) is 0 Å². The number of rotatable bonds is 5. The van der Waals surface area contributed by atoms with Gasteiger partial charge in [-0.2, -0.15) is 5.10 Å². The number of halogens is 3. The summed E-state index contributed by atoms with van der Waals surface area (Å²) in [6.07, 6.45) is -4.84. The summed E-state index contributed by atoms with van der Waals surface area (Å²) in [5, 5.41) is 4.34. The summed E-state index contributed by atoms with van der Waals surface area (Å²) in [6.45, 7) is 0. The minimum absolute atomic E-state index is 0.0321. The lowest BCUT2D eigenvalue weighted by molar-refractivity contribution is -0.274. The maximum atomic E-state index is 12.5. The van der Waals surface area contributed by atoms with Crippen LogP contribution in [0.2, 0.25) is 0 Å². The zero-order valence-corrected chi connectivity index (χ0v) is 15.8. The average Bonchev–Trinajstić information content (AvgIpc) is 3.13. The first-order valence-corrected chi connectivity index (χ1v) is 8.46. The van der Waals surface area contributed by atoms with Crippen LogP contribution in [0.5, 0.6) is 5.75 Å². The number of carbonyl (C=O) groups is 2. The van der Waals surface area contributed by atoms with Crippen LogP contribution in [-0.4, -0.2) is 42.3 Å². The summed E-state index contributed by atoms with van der Waals surface area (Å²) in [6, 6.07) is 13.2. The van der Waals surface area contributed by atoms with Gasteiger partial charge in [0, 0.05) is 5.56 Å². The lowest BCUT2D eigenvalue weighted by atomic mass is 10.1. The first-order chi connectivity index (χ1) is 14.2. The Morgan fingerprint density at radius 3 is 2.03 bits per heavy atom. The van der Waals surface area contributed by atoms with Crippen molar-refractivity contribution in [2.24, 2.45) is 0 Å². The zero-order valence-electron chi connectivity index (χ0n) is 15.8. The minimum atomic E-state index is -4.84. The first-order valence-electron chi connectivity index (χ1n) is 8.46. The Labute approximate surface area is 168 Å². The third-order valence-electron chi connectivity index (χ3n) is 4.02. The second kappa shape index (κ2) is 8.27. The van der Waals surface area contributed by atoms with Gasteiger partial charge in [0.05, 0.1) is 19.9 Å². The molecule has 2 aromatic carbocycles. The molecule has 0 saturated carbocycles. The fourth-order valence-electron chi connectivity index (χ4n) is 2.77. The number of hydrogen-bond donors (Lipinski definition) is 0. The number of alkyl halides is 3. The Bertz CT molecular complexity index is 1060. The SMILES string of the molecule is COC(=O)c1c(-c2ccc(OC(F)(F)F)cc2)nn(-c2ccccc2)c1C(=O)OC. The number of esters is 2. The van der Waals surface area contributed by atoms with Crippen LogP contribution < -0.4 is 4.74 Å². The van der Waals surface area contributed by atoms with Crippen molar-refractivity contribution in [1.82, 2.24) is 9.78 Å². The molecule has 0 bridgehead atoms. The van der Waals surface area contributed by atoms with Crippen LogP contribution in [0.4, 0.5) is 13.2 Å². The van der Waals surface area contributed by atoms with Crippen molar-refractivity contribution in [2.75, 3.05) is 14.2 Å². The molecular weight excluding hydrogens is 405 g/mol. The number of benzene rings is 2. The first kappa shape index (κ1) is 20.9. The third kappa shape index (κ3) is 4.27. The number of hydrogen-bond acceptors (Lipinski definition) is 6. The van der Waals surface area contributed by atoms with Gasteiger partial charge in [-0.3, -0.25) is 0 Å². The van der Waals surface area contributed by atoms with Crippen molar-refractivity contribution in [2.45, 2.75) is 6.36 Å². The molecule has 0 atom stereocenters. The van der Waals surface area contributed by atoms with E-state index in [1.54, 1.807) is 30.3 Å². The van der Waals surface area contributed by atoms with Crippen molar-refractivity contribution in [3.8, 4) is 22.7 Å². The van der Waals surface area contributed by atoms with Crippen LogP contribution in [0.15, 0.2) is 54.6 Å². The summed E-state index contributed by atoms with van der Waals surface area (Å²) in [5.74, 6) is -2.14. The predicted molar refractivity (Wildman–Crippen MR) is 98.4 cm³/mol. The maximum absolute atomic E-state index is 12.5. The number of nitrogens with zero attached hydrogens (tertiary/aromatic N) is 2. The molecule has 156 valence electrons. The van der Waals surface area contributed by atoms with Crippen molar-refractivity contribution in [3.05, 3.63) is 65.9 Å². The summed E-state index contributed by atoms with van der Waals surface area (Å²) in [4.78, 5) is 25.0. The van der Waals surface area contributed by atoms with Gasteiger partial charge in [0.2, 0.25) is 0 Å². The second-order valence-electron chi connectivity index (χ2n) is 5.87. The topological polar surface area (TPSA) is 79.7 Å². The van der Waals surface area contributed by atoms with E-state index in [-0.39, 0.29) is 22.5 Å². The molecule has 0 amide bonds. The van der Waals surface area contributed by atoms with Crippen LogP contribution >= 0.6 is 0 Å². The molecule has 0 radical (unpaired) electrons. The lowest BCUT2D eigenvalue weighted by Crippen LogP contribution is -2.17. The molecule has 0 spiro atoms. The van der Waals surface area contributed by atoms with Gasteiger partial charge in [0.1, 0.15) is 17.0 Å². The number of ether oxygens (including phenoxy) is 3. The summed E-state index contributed by atoms with van der Waals surface area (Å²) >= 11 is 0. The molecule has 30 heavy (non-hydrogen) atoms. The molecule has 0 saturated heterocycles. The van der Waals surface area contributed by atoms with Crippen LogP contribution in [-0.2, 0) is 9.47 Å². The van der Waals surface area contributed by atoms with Crippen molar-refractivity contribution < 1.29 is 37.0 Å². The maximum Gasteiger partial charge on any atom is 0.573 e. The van der Waals surface area contributed by atoms with E-state index < -0.39 is 24.1 Å². The summed E-state index contributed by atoms with van der Waals surface area (Å²) in [5.41, 5.74) is 0.402. The normalized spacial score (nSPS) is 11.1. The van der Waals surface area contributed by atoms with E-state index in [1.807, 2.05) is 0 Å². The van der Waals surface area contributed by atoms with Crippen molar-refractivity contribution in [3.63, 3.8) is 0 Å². The van der Waals surface area contributed by atoms with Gasteiger partial charge in [-0.05, 0) is 36.4 Å². The van der Waals surface area contributed by atoms with Crippen LogP contribution in [0.25, 0.3) is 16.9 Å². The molecule has 1 heterocycles. The average molecular weight is 420 g/mol. The standard InChI is InChI=1S/C20H15F3N2O5/c1-28-18(26)15-16(12-8-10-14(11-9-12)30-20(21,22)23)24-25(17(15)19(27)29-2)13-6-4-3-5-7-13/h3-11H,1-2H3. The molecule has 3 rings (SSSR count). The van der Waals surface area contributed by atoms with Gasteiger partial charge in [0.25, 0.3) is 0 Å². The Morgan fingerprint density at radius 2 is 1.50 bits per heavy atom. The fraction of sp³-hybridized carbons (Fsp3) is 0.150. The van der Waals surface area contributed by atoms with E-state index in [1.165, 1.54) is 16.8 Å². The number of aromatic nitrogens is 2. The van der Waals surface area contributed by atoms with Crippen molar-refractivity contribution >= 4 is 11.9 Å². The molecule has 10 heteroatoms. The van der Waals surface area contributed by atoms with E-state index in [4.69, 9.17) is 9.47 Å². The second-order valence-corrected chi connectivity index (χ2v) is 5.87. The molecule has 1 aromatic heterocycles. The molecular formula is C20H15F3N2O5. The Balaban J connectivity index is 2.20. The van der Waals surface area contributed by atoms with Gasteiger partial charge < -0.3 is 14.2 Å². The number of para-hydroxylation sites is 1. The van der Waals surface area contributed by atoms with E-state index in [0.29, 0.717) is 5.69 Å². The highest BCUT2D eigenvalue weighted by atomic mass is 19.4. The number of carbonyl (C=O) groups excluding carboxylic acids is 2. The molecule has 0 unspecified atom stereocenters. The lowest BCUT2D eigenvalue weighted by Gasteiger charge is -2.09. The number of methoxy groups -OCH3 is 2. The molecule has 3 aromatic rings. The highest BCUT2D eigenvalue weighted by Gasteiger charge is 2.32. The highest BCUT2D eigenvalue weighted by molar-refractivity contribution is 6.06. The highest BCUT2D eigenvalue weighted by Crippen LogP contribution is 2.31. The minimum Gasteiger partial charge on any atom is -0.465 e. The quantitative estimate of drug-likeness (QED) is 0.581. The summed E-state index contributed by atoms with van der Waals surface area (Å²) in [7, 11) is 2.28. The molecule has 0 fully saturated rings. The van der Waals surface area contributed by atoms with E-state index >= 15 is 0 Å². The molecule has 0 aliphatic carbocycles. The zero-order chi connectivity index (χ0) is 21.9. The van der Waals surface area contributed by atoms with Gasteiger partial charge >= 0.3 is 18.3 Å².